The molecule has 0 saturated carbocycles. The Balaban J connectivity index is 1.03. The van der Waals surface area contributed by atoms with Crippen LogP contribution in [0.5, 0.6) is 11.8 Å². The van der Waals surface area contributed by atoms with Gasteiger partial charge in [-0.25, -0.2) is 12.8 Å². The number of phenols is 1. The highest BCUT2D eigenvalue weighted by atomic mass is 32.2. The number of benzene rings is 3. The van der Waals surface area contributed by atoms with E-state index in [9.17, 15) is 13.5 Å². The molecule has 282 valence electrons. The molecule has 5 fully saturated rings. The Bertz CT molecular complexity index is 2100. The maximum Gasteiger partial charge on any atom is 0.319 e. The van der Waals surface area contributed by atoms with E-state index in [4.69, 9.17) is 14.7 Å². The molecule has 5 saturated heterocycles. The number of halogens is 1. The molecule has 0 radical (unpaired) electrons. The number of rotatable bonds is 10. The summed E-state index contributed by atoms with van der Waals surface area (Å²) in [6.45, 7) is 8.29. The number of ether oxygens (including phenoxy) is 1. The van der Waals surface area contributed by atoms with Gasteiger partial charge in [0.25, 0.3) is 0 Å². The molecule has 2 bridgehead atoms. The summed E-state index contributed by atoms with van der Waals surface area (Å²) in [5, 5.41) is 12.8. The number of anilines is 1. The molecule has 0 spiro atoms. The Morgan fingerprint density at radius 1 is 0.906 bits per heavy atom. The number of piperazine rings is 2. The Hall–Kier alpha value is -3.62. The molecule has 4 aromatic rings. The molecular weight excluding hydrogens is 694 g/mol. The van der Waals surface area contributed by atoms with E-state index >= 15 is 4.39 Å². The number of hydrogen-bond donors (Lipinski definition) is 1. The van der Waals surface area contributed by atoms with Gasteiger partial charge in [0, 0.05) is 62.3 Å². The highest BCUT2D eigenvalue weighted by molar-refractivity contribution is 7.89. The van der Waals surface area contributed by atoms with E-state index < -0.39 is 15.8 Å². The van der Waals surface area contributed by atoms with E-state index in [0.29, 0.717) is 48.4 Å². The number of hydrogen-bond acceptors (Lipinski definition) is 10. The third kappa shape index (κ3) is 6.52. The van der Waals surface area contributed by atoms with Crippen molar-refractivity contribution < 1.29 is 22.7 Å². The first-order chi connectivity index (χ1) is 25.7. The molecule has 1 aromatic heterocycles. The summed E-state index contributed by atoms with van der Waals surface area (Å²) in [6.07, 6.45) is 6.58. The van der Waals surface area contributed by atoms with Crippen LogP contribution in [-0.2, 0) is 10.0 Å². The maximum atomic E-state index is 17.0. The quantitative estimate of drug-likeness (QED) is 0.241. The van der Waals surface area contributed by atoms with Gasteiger partial charge in [-0.1, -0.05) is 30.3 Å². The summed E-state index contributed by atoms with van der Waals surface area (Å²) in [7, 11) is -1.33. The summed E-state index contributed by atoms with van der Waals surface area (Å²) in [6, 6.07) is 14.3. The average Bonchev–Trinajstić information content (AvgIpc) is 3.82. The van der Waals surface area contributed by atoms with E-state index in [-0.39, 0.29) is 40.7 Å². The molecule has 5 aliphatic rings. The van der Waals surface area contributed by atoms with Crippen LogP contribution < -0.4 is 9.64 Å². The van der Waals surface area contributed by atoms with E-state index in [1.165, 1.54) is 0 Å². The molecule has 9 rings (SSSR count). The molecule has 2 atom stereocenters. The fourth-order valence-electron chi connectivity index (χ4n) is 9.96. The molecule has 53 heavy (non-hydrogen) atoms. The second-order valence-corrected chi connectivity index (χ2v) is 18.0. The summed E-state index contributed by atoms with van der Waals surface area (Å²) in [4.78, 5) is 19.1. The molecule has 3 aromatic carbocycles. The summed E-state index contributed by atoms with van der Waals surface area (Å²) in [5.41, 5.74) is 1.04. The van der Waals surface area contributed by atoms with Gasteiger partial charge in [-0.3, -0.25) is 4.90 Å². The standard InChI is InChI=1S/C40H50FN7O4S/c1-44-18-20-45(21-19-44)15-6-22-53(50,51)48-29-9-10-30(48)26-46(25-29)38-34-12-11-33(35-24-31(49)23-28-7-2-3-8-32(28)35)36(41)37(34)42-39(43-38)52-27-40-13-4-16-47(40)17-5-14-40/h2-3,7-8,11-12,23-24,29-30,49H,4-6,9-10,13-22,25-27H2,1H3/t29-,30+. The normalized spacial score (nSPS) is 24.1. The van der Waals surface area contributed by atoms with E-state index in [0.717, 1.165) is 95.1 Å². The lowest BCUT2D eigenvalue weighted by Crippen LogP contribution is -2.56. The number of aromatic nitrogens is 2. The van der Waals surface area contributed by atoms with Gasteiger partial charge in [0.1, 0.15) is 23.7 Å². The second-order valence-electron chi connectivity index (χ2n) is 16.0. The largest absolute Gasteiger partial charge is 0.508 e. The molecule has 0 aliphatic carbocycles. The minimum Gasteiger partial charge on any atom is -0.508 e. The molecule has 6 heterocycles. The maximum absolute atomic E-state index is 17.0. The van der Waals surface area contributed by atoms with Crippen molar-refractivity contribution in [1.29, 1.82) is 0 Å². The van der Waals surface area contributed by atoms with Crippen LogP contribution in [0.25, 0.3) is 32.8 Å². The van der Waals surface area contributed by atoms with Crippen LogP contribution in [0.2, 0.25) is 0 Å². The third-order valence-electron chi connectivity index (χ3n) is 12.7. The monoisotopic (exact) mass is 743 g/mol. The predicted molar refractivity (Wildman–Crippen MR) is 206 cm³/mol. The third-order valence-corrected chi connectivity index (χ3v) is 14.7. The molecule has 5 aliphatic heterocycles. The van der Waals surface area contributed by atoms with E-state index in [1.54, 1.807) is 22.5 Å². The van der Waals surface area contributed by atoms with Crippen molar-refractivity contribution in [3.8, 4) is 22.9 Å². The Morgan fingerprint density at radius 2 is 1.64 bits per heavy atom. The minimum absolute atomic E-state index is 0.0389. The van der Waals surface area contributed by atoms with Crippen LogP contribution in [0.3, 0.4) is 0 Å². The first-order valence-corrected chi connectivity index (χ1v) is 21.1. The Kier molecular flexibility index (Phi) is 9.21. The van der Waals surface area contributed by atoms with Crippen LogP contribution in [0, 0.1) is 5.82 Å². The fraction of sp³-hybridized carbons (Fsp3) is 0.550. The van der Waals surface area contributed by atoms with Crippen molar-refractivity contribution in [3.05, 3.63) is 54.3 Å². The van der Waals surface area contributed by atoms with Crippen molar-refractivity contribution in [3.63, 3.8) is 0 Å². The Morgan fingerprint density at radius 3 is 2.40 bits per heavy atom. The summed E-state index contributed by atoms with van der Waals surface area (Å²) >= 11 is 0. The van der Waals surface area contributed by atoms with Crippen molar-refractivity contribution in [1.82, 2.24) is 29.0 Å². The molecule has 0 amide bonds. The van der Waals surface area contributed by atoms with Crippen molar-refractivity contribution >= 4 is 37.5 Å². The summed E-state index contributed by atoms with van der Waals surface area (Å²) < 4.78 is 52.9. The SMILES string of the molecule is CN1CCN(CCCS(=O)(=O)N2[C@@H]3CC[C@H]2CN(c2nc(OCC45CCCN4CCC5)nc4c(F)c(-c5cc(O)cc6ccccc56)ccc24)C3)CC1. The van der Waals surface area contributed by atoms with Gasteiger partial charge in [0.15, 0.2) is 5.82 Å². The number of aromatic hydroxyl groups is 1. The highest BCUT2D eigenvalue weighted by Crippen LogP contribution is 2.42. The zero-order chi connectivity index (χ0) is 36.3. The first kappa shape index (κ1) is 35.1. The number of sulfonamides is 1. The number of phenolic OH excluding ortho intramolecular Hbond substituents is 1. The number of fused-ring (bicyclic) bond motifs is 5. The Labute approximate surface area is 311 Å². The van der Waals surface area contributed by atoms with Crippen LogP contribution in [0.1, 0.15) is 44.9 Å². The topological polar surface area (TPSA) is 106 Å². The lowest BCUT2D eigenvalue weighted by atomic mass is 9.95. The minimum atomic E-state index is -3.45. The van der Waals surface area contributed by atoms with Crippen LogP contribution >= 0.6 is 0 Å². The lowest BCUT2D eigenvalue weighted by Gasteiger charge is -2.41. The van der Waals surface area contributed by atoms with Crippen molar-refractivity contribution in [2.24, 2.45) is 0 Å². The molecule has 11 nitrogen and oxygen atoms in total. The van der Waals surface area contributed by atoms with Crippen LogP contribution in [-0.4, -0.2) is 138 Å². The van der Waals surface area contributed by atoms with Crippen molar-refractivity contribution in [2.75, 3.05) is 83.2 Å². The van der Waals surface area contributed by atoms with Gasteiger partial charge >= 0.3 is 6.01 Å². The zero-order valence-corrected chi connectivity index (χ0v) is 31.4. The molecule has 0 unspecified atom stereocenters. The van der Waals surface area contributed by atoms with Crippen LogP contribution in [0.15, 0.2) is 48.5 Å². The van der Waals surface area contributed by atoms with E-state index in [1.807, 2.05) is 30.3 Å². The molecule has 1 N–H and O–H groups in total. The van der Waals surface area contributed by atoms with Gasteiger partial charge in [-0.15, -0.1) is 0 Å². The fourth-order valence-corrected chi connectivity index (χ4v) is 11.9. The average molecular weight is 744 g/mol. The lowest BCUT2D eigenvalue weighted by molar-refractivity contribution is 0.108. The number of likely N-dealkylation sites (N-methyl/N-ethyl adjacent to an activating group) is 1. The predicted octanol–water partition coefficient (Wildman–Crippen LogP) is 4.92. The van der Waals surface area contributed by atoms with Crippen molar-refractivity contribution in [2.45, 2.75) is 62.6 Å². The number of nitrogens with zero attached hydrogens (tertiary/aromatic N) is 7. The second kappa shape index (κ2) is 13.9. The van der Waals surface area contributed by atoms with Gasteiger partial charge in [-0.2, -0.15) is 14.3 Å². The zero-order valence-electron chi connectivity index (χ0n) is 30.6. The van der Waals surface area contributed by atoms with E-state index in [2.05, 4.69) is 26.6 Å². The summed E-state index contributed by atoms with van der Waals surface area (Å²) in [5.74, 6) is 0.285. The first-order valence-electron chi connectivity index (χ1n) is 19.4. The smallest absolute Gasteiger partial charge is 0.319 e. The highest BCUT2D eigenvalue weighted by Gasteiger charge is 2.47. The molecular formula is C40H50FN7O4S. The van der Waals surface area contributed by atoms with Gasteiger partial charge in [-0.05, 0) is 106 Å². The van der Waals surface area contributed by atoms with Gasteiger partial charge in [0.05, 0.1) is 11.3 Å². The molecule has 13 heteroatoms. The van der Waals surface area contributed by atoms with Gasteiger partial charge in [0.2, 0.25) is 10.0 Å². The van der Waals surface area contributed by atoms with Crippen LogP contribution in [0.4, 0.5) is 10.2 Å². The van der Waals surface area contributed by atoms with Gasteiger partial charge < -0.3 is 24.5 Å².